The summed E-state index contributed by atoms with van der Waals surface area (Å²) in [6.07, 6.45) is 71.3. The van der Waals surface area contributed by atoms with Gasteiger partial charge in [-0.1, -0.05) is 288 Å². The minimum absolute atomic E-state index is 0.0688. The molecule has 0 amide bonds. The molecule has 0 aromatic rings. The van der Waals surface area contributed by atoms with Crippen molar-refractivity contribution in [3.8, 4) is 0 Å². The fraction of sp³-hybridized carbons (Fsp3) is 0.825. The van der Waals surface area contributed by atoms with Gasteiger partial charge in [0.1, 0.15) is 13.2 Å². The van der Waals surface area contributed by atoms with E-state index in [9.17, 15) is 14.4 Å². The molecule has 0 aliphatic heterocycles. The zero-order valence-electron chi connectivity index (χ0n) is 46.1. The Morgan fingerprint density at radius 3 is 0.884 bits per heavy atom. The molecule has 0 fully saturated rings. The number of hydrogen-bond donors (Lipinski definition) is 0. The first-order valence-electron chi connectivity index (χ1n) is 30.1. The Morgan fingerprint density at radius 2 is 0.565 bits per heavy atom. The van der Waals surface area contributed by atoms with Gasteiger partial charge in [-0.15, -0.1) is 0 Å². The van der Waals surface area contributed by atoms with Crippen LogP contribution in [0.25, 0.3) is 0 Å². The van der Waals surface area contributed by atoms with Crippen molar-refractivity contribution >= 4 is 17.9 Å². The SMILES string of the molecule is CC/C=C\C/C=C\C/C=C\C/C=C\CCCCCCCCCCCCCCC(=O)OCC(COC(=O)CCCCCCCCCC)OC(=O)CCCCCCCCCCCCCCCCCCCC. The molecule has 0 aromatic carbocycles. The molecule has 0 aliphatic rings. The van der Waals surface area contributed by atoms with E-state index in [2.05, 4.69) is 69.4 Å². The fourth-order valence-electron chi connectivity index (χ4n) is 8.85. The molecular formula is C63H114O6. The number of unbranched alkanes of at least 4 members (excludes halogenated alkanes) is 36. The first kappa shape index (κ1) is 66.4. The summed E-state index contributed by atoms with van der Waals surface area (Å²) < 4.78 is 16.8. The van der Waals surface area contributed by atoms with Crippen LogP contribution in [0.2, 0.25) is 0 Å². The second-order valence-electron chi connectivity index (χ2n) is 20.2. The van der Waals surface area contributed by atoms with E-state index in [1.165, 1.54) is 193 Å². The van der Waals surface area contributed by atoms with Gasteiger partial charge in [0.05, 0.1) is 0 Å². The molecule has 0 spiro atoms. The van der Waals surface area contributed by atoms with Crippen molar-refractivity contribution in [1.29, 1.82) is 0 Å². The molecule has 0 rings (SSSR count). The van der Waals surface area contributed by atoms with Crippen molar-refractivity contribution in [3.05, 3.63) is 48.6 Å². The fourth-order valence-corrected chi connectivity index (χ4v) is 8.85. The van der Waals surface area contributed by atoms with Crippen LogP contribution in [0.1, 0.15) is 316 Å². The lowest BCUT2D eigenvalue weighted by Crippen LogP contribution is -2.30. The predicted octanol–water partition coefficient (Wildman–Crippen LogP) is 20.2. The Balaban J connectivity index is 4.15. The van der Waals surface area contributed by atoms with Gasteiger partial charge in [-0.05, 0) is 57.8 Å². The van der Waals surface area contributed by atoms with Crippen LogP contribution in [0.15, 0.2) is 48.6 Å². The van der Waals surface area contributed by atoms with E-state index in [4.69, 9.17) is 14.2 Å². The quantitative estimate of drug-likeness (QED) is 0.0262. The van der Waals surface area contributed by atoms with Crippen molar-refractivity contribution in [2.75, 3.05) is 13.2 Å². The topological polar surface area (TPSA) is 78.9 Å². The average Bonchev–Trinajstić information content (AvgIpc) is 3.35. The molecule has 0 saturated heterocycles. The van der Waals surface area contributed by atoms with E-state index in [0.717, 1.165) is 83.5 Å². The van der Waals surface area contributed by atoms with E-state index in [1.807, 2.05) is 0 Å². The van der Waals surface area contributed by atoms with Gasteiger partial charge < -0.3 is 14.2 Å². The molecule has 1 unspecified atom stereocenters. The minimum Gasteiger partial charge on any atom is -0.462 e. The van der Waals surface area contributed by atoms with Crippen LogP contribution in [0.5, 0.6) is 0 Å². The van der Waals surface area contributed by atoms with Gasteiger partial charge >= 0.3 is 17.9 Å². The van der Waals surface area contributed by atoms with Crippen molar-refractivity contribution in [1.82, 2.24) is 0 Å². The zero-order chi connectivity index (χ0) is 50.0. The Labute approximate surface area is 428 Å². The van der Waals surface area contributed by atoms with Gasteiger partial charge in [0.25, 0.3) is 0 Å². The summed E-state index contributed by atoms with van der Waals surface area (Å²) in [7, 11) is 0. The number of rotatable bonds is 55. The number of carbonyl (C=O) groups is 3. The van der Waals surface area contributed by atoms with Gasteiger partial charge in [-0.2, -0.15) is 0 Å². The first-order valence-corrected chi connectivity index (χ1v) is 30.1. The molecule has 0 bridgehead atoms. The highest BCUT2D eigenvalue weighted by Gasteiger charge is 2.19. The van der Waals surface area contributed by atoms with Crippen LogP contribution in [0.4, 0.5) is 0 Å². The maximum absolute atomic E-state index is 12.8. The van der Waals surface area contributed by atoms with Crippen molar-refractivity contribution in [2.45, 2.75) is 322 Å². The summed E-state index contributed by atoms with van der Waals surface area (Å²) in [6.45, 7) is 6.54. The summed E-state index contributed by atoms with van der Waals surface area (Å²) in [5.74, 6) is -0.857. The second kappa shape index (κ2) is 57.9. The van der Waals surface area contributed by atoms with Crippen LogP contribution >= 0.6 is 0 Å². The maximum atomic E-state index is 12.8. The number of allylic oxidation sites excluding steroid dienone is 8. The third-order valence-corrected chi connectivity index (χ3v) is 13.3. The first-order chi connectivity index (χ1) is 34.0. The van der Waals surface area contributed by atoms with Gasteiger partial charge in [0, 0.05) is 19.3 Å². The van der Waals surface area contributed by atoms with E-state index < -0.39 is 6.10 Å². The van der Waals surface area contributed by atoms with Crippen LogP contribution in [0, 0.1) is 0 Å². The zero-order valence-corrected chi connectivity index (χ0v) is 46.1. The largest absolute Gasteiger partial charge is 0.462 e. The Morgan fingerprint density at radius 1 is 0.304 bits per heavy atom. The van der Waals surface area contributed by atoms with Crippen molar-refractivity contribution in [2.24, 2.45) is 0 Å². The normalized spacial score (nSPS) is 12.3. The molecule has 402 valence electrons. The van der Waals surface area contributed by atoms with Gasteiger partial charge in [-0.25, -0.2) is 0 Å². The van der Waals surface area contributed by atoms with Gasteiger partial charge in [0.15, 0.2) is 6.10 Å². The predicted molar refractivity (Wildman–Crippen MR) is 298 cm³/mol. The highest BCUT2D eigenvalue weighted by molar-refractivity contribution is 5.71. The highest BCUT2D eigenvalue weighted by Crippen LogP contribution is 2.17. The molecule has 0 saturated carbocycles. The van der Waals surface area contributed by atoms with Gasteiger partial charge in [0.2, 0.25) is 0 Å². The third-order valence-electron chi connectivity index (χ3n) is 13.3. The number of hydrogen-bond acceptors (Lipinski definition) is 6. The summed E-state index contributed by atoms with van der Waals surface area (Å²) in [5, 5.41) is 0. The third kappa shape index (κ3) is 56.2. The smallest absolute Gasteiger partial charge is 0.306 e. The van der Waals surface area contributed by atoms with Gasteiger partial charge in [-0.3, -0.25) is 14.4 Å². The number of esters is 3. The molecule has 0 heterocycles. The Kier molecular flexibility index (Phi) is 55.7. The van der Waals surface area contributed by atoms with Crippen LogP contribution in [-0.2, 0) is 28.6 Å². The molecule has 0 aliphatic carbocycles. The molecule has 1 atom stereocenters. The summed E-state index contributed by atoms with van der Waals surface area (Å²) in [6, 6.07) is 0. The molecule has 6 nitrogen and oxygen atoms in total. The van der Waals surface area contributed by atoms with Crippen molar-refractivity contribution < 1.29 is 28.6 Å². The monoisotopic (exact) mass is 967 g/mol. The molecule has 6 heteroatoms. The lowest BCUT2D eigenvalue weighted by molar-refractivity contribution is -0.167. The number of carbonyl (C=O) groups excluding carboxylic acids is 3. The molecular weight excluding hydrogens is 853 g/mol. The molecule has 0 radical (unpaired) electrons. The molecule has 0 N–H and O–H groups in total. The lowest BCUT2D eigenvalue weighted by Gasteiger charge is -2.18. The second-order valence-corrected chi connectivity index (χ2v) is 20.2. The Hall–Kier alpha value is -2.63. The van der Waals surface area contributed by atoms with E-state index in [0.29, 0.717) is 19.3 Å². The lowest BCUT2D eigenvalue weighted by atomic mass is 10.0. The van der Waals surface area contributed by atoms with E-state index in [1.54, 1.807) is 0 Å². The molecule has 0 aromatic heterocycles. The summed E-state index contributed by atoms with van der Waals surface area (Å²) in [5.41, 5.74) is 0. The minimum atomic E-state index is -0.768. The Bertz CT molecular complexity index is 1200. The van der Waals surface area contributed by atoms with E-state index >= 15 is 0 Å². The maximum Gasteiger partial charge on any atom is 0.306 e. The standard InChI is InChI=1S/C63H114O6/c1-4-7-10-13-16-19-21-23-25-27-29-30-31-32-33-34-35-37-38-40-42-44-47-50-53-56-62(65)68-59-60(58-67-61(64)55-52-49-46-18-15-12-9-6-3)69-63(66)57-54-51-48-45-43-41-39-36-28-26-24-22-20-17-14-11-8-5-2/h7,10,16,19,23,25,29-30,60H,4-6,8-9,11-15,17-18,20-22,24,26-28,31-59H2,1-3H3/b10-7-,19-16-,25-23-,30-29-. The molecule has 69 heavy (non-hydrogen) atoms. The van der Waals surface area contributed by atoms with Crippen LogP contribution in [-0.4, -0.2) is 37.2 Å². The van der Waals surface area contributed by atoms with Crippen molar-refractivity contribution in [3.63, 3.8) is 0 Å². The van der Waals surface area contributed by atoms with Crippen LogP contribution < -0.4 is 0 Å². The number of ether oxygens (including phenoxy) is 3. The summed E-state index contributed by atoms with van der Waals surface area (Å²) >= 11 is 0. The highest BCUT2D eigenvalue weighted by atomic mass is 16.6. The van der Waals surface area contributed by atoms with E-state index in [-0.39, 0.29) is 31.1 Å². The summed E-state index contributed by atoms with van der Waals surface area (Å²) in [4.78, 5) is 38.1. The average molecular weight is 968 g/mol. The van der Waals surface area contributed by atoms with Crippen LogP contribution in [0.3, 0.4) is 0 Å².